The fourth-order valence-electron chi connectivity index (χ4n) is 1.92. The minimum atomic E-state index is -0.240. The number of hydrogen-bond donors (Lipinski definition) is 3. The van der Waals surface area contributed by atoms with Gasteiger partial charge < -0.3 is 16.3 Å². The lowest BCUT2D eigenvalue weighted by molar-refractivity contribution is 0.318. The molecule has 0 aromatic heterocycles. The molecule has 0 amide bonds. The van der Waals surface area contributed by atoms with Crippen LogP contribution in [0.25, 0.3) is 0 Å². The molecule has 2 aromatic rings. The summed E-state index contributed by atoms with van der Waals surface area (Å²) in [5, 5.41) is 14.8. The van der Waals surface area contributed by atoms with Crippen molar-refractivity contribution < 1.29 is 9.60 Å². The van der Waals surface area contributed by atoms with Gasteiger partial charge in [-0.25, -0.2) is 4.39 Å². The van der Waals surface area contributed by atoms with E-state index in [0.717, 1.165) is 10.0 Å². The van der Waals surface area contributed by atoms with Crippen LogP contribution in [0.1, 0.15) is 16.7 Å². The summed E-state index contributed by atoms with van der Waals surface area (Å²) in [4.78, 5) is 0. The van der Waals surface area contributed by atoms with E-state index in [1.807, 2.05) is 18.2 Å². The highest BCUT2D eigenvalue weighted by atomic mass is 79.9. The van der Waals surface area contributed by atoms with Crippen molar-refractivity contribution in [2.75, 3.05) is 0 Å². The van der Waals surface area contributed by atoms with Crippen LogP contribution in [-0.2, 0) is 13.1 Å². The number of amidine groups is 1. The van der Waals surface area contributed by atoms with Crippen LogP contribution < -0.4 is 11.1 Å². The van der Waals surface area contributed by atoms with E-state index in [-0.39, 0.29) is 11.7 Å². The van der Waals surface area contributed by atoms with E-state index < -0.39 is 0 Å². The minimum Gasteiger partial charge on any atom is -0.409 e. The van der Waals surface area contributed by atoms with Gasteiger partial charge in [-0.15, -0.1) is 0 Å². The Kier molecular flexibility index (Phi) is 5.30. The van der Waals surface area contributed by atoms with Crippen molar-refractivity contribution in [2.24, 2.45) is 10.9 Å². The van der Waals surface area contributed by atoms with Gasteiger partial charge in [0.2, 0.25) is 0 Å². The van der Waals surface area contributed by atoms with Crippen molar-refractivity contribution in [1.29, 1.82) is 0 Å². The fraction of sp³-hybridized carbons (Fsp3) is 0.133. The van der Waals surface area contributed by atoms with E-state index in [0.29, 0.717) is 24.2 Å². The Balaban J connectivity index is 1.99. The van der Waals surface area contributed by atoms with E-state index in [1.165, 1.54) is 6.07 Å². The van der Waals surface area contributed by atoms with E-state index in [2.05, 4.69) is 26.4 Å². The lowest BCUT2D eigenvalue weighted by Crippen LogP contribution is -2.16. The predicted molar refractivity (Wildman–Crippen MR) is 83.6 cm³/mol. The molecule has 0 aliphatic rings. The topological polar surface area (TPSA) is 70.6 Å². The average Bonchev–Trinajstić information content (AvgIpc) is 2.50. The summed E-state index contributed by atoms with van der Waals surface area (Å²) in [5.41, 5.74) is 7.75. The van der Waals surface area contributed by atoms with Gasteiger partial charge in [0.15, 0.2) is 5.84 Å². The van der Waals surface area contributed by atoms with Crippen molar-refractivity contribution >= 4 is 21.8 Å². The third-order valence-corrected chi connectivity index (χ3v) is 3.48. The predicted octanol–water partition coefficient (Wildman–Crippen LogP) is 2.97. The molecule has 0 saturated carbocycles. The number of nitrogens with two attached hydrogens (primary N) is 1. The molecule has 0 aliphatic heterocycles. The quantitative estimate of drug-likeness (QED) is 0.335. The molecule has 6 heteroatoms. The first kappa shape index (κ1) is 15.5. The van der Waals surface area contributed by atoms with Crippen molar-refractivity contribution in [3.63, 3.8) is 0 Å². The molecular formula is C15H15BrFN3O. The Labute approximate surface area is 130 Å². The molecule has 2 rings (SSSR count). The zero-order valence-corrected chi connectivity index (χ0v) is 12.8. The maximum absolute atomic E-state index is 13.6. The lowest BCUT2D eigenvalue weighted by atomic mass is 10.1. The van der Waals surface area contributed by atoms with E-state index in [1.54, 1.807) is 18.2 Å². The van der Waals surface area contributed by atoms with Crippen LogP contribution in [0.3, 0.4) is 0 Å². The first-order valence-corrected chi connectivity index (χ1v) is 7.11. The van der Waals surface area contributed by atoms with Crippen LogP contribution in [0.2, 0.25) is 0 Å². The number of benzene rings is 2. The summed E-state index contributed by atoms with van der Waals surface area (Å²) < 4.78 is 14.4. The highest BCUT2D eigenvalue weighted by molar-refractivity contribution is 9.10. The molecule has 0 spiro atoms. The second kappa shape index (κ2) is 7.19. The van der Waals surface area contributed by atoms with Crippen molar-refractivity contribution in [2.45, 2.75) is 13.1 Å². The van der Waals surface area contributed by atoms with Gasteiger partial charge in [0.1, 0.15) is 5.82 Å². The monoisotopic (exact) mass is 351 g/mol. The van der Waals surface area contributed by atoms with Crippen molar-refractivity contribution in [3.8, 4) is 0 Å². The zero-order valence-electron chi connectivity index (χ0n) is 11.2. The van der Waals surface area contributed by atoms with E-state index in [4.69, 9.17) is 10.9 Å². The van der Waals surface area contributed by atoms with Gasteiger partial charge in [0.05, 0.1) is 0 Å². The summed E-state index contributed by atoms with van der Waals surface area (Å²) in [5.74, 6) is -0.175. The Morgan fingerprint density at radius 1 is 1.24 bits per heavy atom. The largest absolute Gasteiger partial charge is 0.409 e. The van der Waals surface area contributed by atoms with Crippen LogP contribution in [-0.4, -0.2) is 11.0 Å². The lowest BCUT2D eigenvalue weighted by Gasteiger charge is -2.08. The molecule has 0 radical (unpaired) electrons. The zero-order chi connectivity index (χ0) is 15.2. The second-order valence-electron chi connectivity index (χ2n) is 4.52. The molecule has 4 N–H and O–H groups in total. The summed E-state index contributed by atoms with van der Waals surface area (Å²) in [6.45, 7) is 0.970. The number of hydrogen-bond acceptors (Lipinski definition) is 3. The highest BCUT2D eigenvalue weighted by Crippen LogP contribution is 2.15. The third-order valence-electron chi connectivity index (χ3n) is 2.98. The van der Waals surface area contributed by atoms with Crippen LogP contribution in [0.4, 0.5) is 4.39 Å². The third kappa shape index (κ3) is 4.27. The molecule has 21 heavy (non-hydrogen) atoms. The molecule has 110 valence electrons. The van der Waals surface area contributed by atoms with Gasteiger partial charge in [0.25, 0.3) is 0 Å². The standard InChI is InChI=1S/C15H15BrFN3O/c16-13-4-5-14(17)12(7-13)9-19-8-10-2-1-3-11(6-10)15(18)20-21/h1-7,19,21H,8-9H2,(H2,18,20). The van der Waals surface area contributed by atoms with Gasteiger partial charge in [-0.05, 0) is 29.8 Å². The summed E-state index contributed by atoms with van der Waals surface area (Å²) >= 11 is 3.32. The highest BCUT2D eigenvalue weighted by Gasteiger charge is 2.04. The van der Waals surface area contributed by atoms with Crippen molar-refractivity contribution in [1.82, 2.24) is 5.32 Å². The molecule has 0 unspecified atom stereocenters. The van der Waals surface area contributed by atoms with Crippen LogP contribution in [0, 0.1) is 5.82 Å². The molecular weight excluding hydrogens is 337 g/mol. The second-order valence-corrected chi connectivity index (χ2v) is 5.44. The van der Waals surface area contributed by atoms with Gasteiger partial charge >= 0.3 is 0 Å². The normalized spacial score (nSPS) is 11.6. The number of oxime groups is 1. The van der Waals surface area contributed by atoms with E-state index >= 15 is 0 Å². The average molecular weight is 352 g/mol. The summed E-state index contributed by atoms with van der Waals surface area (Å²) in [6, 6.07) is 12.2. The molecule has 4 nitrogen and oxygen atoms in total. The van der Waals surface area contributed by atoms with E-state index in [9.17, 15) is 4.39 Å². The number of nitrogens with zero attached hydrogens (tertiary/aromatic N) is 1. The summed E-state index contributed by atoms with van der Waals surface area (Å²) in [7, 11) is 0. The van der Waals surface area contributed by atoms with Gasteiger partial charge in [-0.1, -0.05) is 39.3 Å². The van der Waals surface area contributed by atoms with Gasteiger partial charge in [-0.2, -0.15) is 0 Å². The molecule has 0 heterocycles. The molecule has 0 fully saturated rings. The maximum Gasteiger partial charge on any atom is 0.170 e. The minimum absolute atomic E-state index is 0.0647. The van der Waals surface area contributed by atoms with Crippen LogP contribution >= 0.6 is 15.9 Å². The van der Waals surface area contributed by atoms with Crippen LogP contribution in [0.15, 0.2) is 52.1 Å². The first-order valence-electron chi connectivity index (χ1n) is 6.31. The smallest absolute Gasteiger partial charge is 0.170 e. The number of rotatable bonds is 5. The molecule has 2 aromatic carbocycles. The number of nitrogens with one attached hydrogen (secondary N) is 1. The molecule has 0 atom stereocenters. The molecule has 0 aliphatic carbocycles. The Hall–Kier alpha value is -1.92. The maximum atomic E-state index is 13.6. The fourth-order valence-corrected chi connectivity index (χ4v) is 2.33. The Morgan fingerprint density at radius 3 is 2.81 bits per heavy atom. The molecule has 0 saturated heterocycles. The van der Waals surface area contributed by atoms with Gasteiger partial charge in [-0.3, -0.25) is 0 Å². The first-order chi connectivity index (χ1) is 10.1. The Morgan fingerprint density at radius 2 is 2.05 bits per heavy atom. The summed E-state index contributed by atoms with van der Waals surface area (Å²) in [6.07, 6.45) is 0. The number of halogens is 2. The van der Waals surface area contributed by atoms with Crippen molar-refractivity contribution in [3.05, 3.63) is 69.4 Å². The SMILES string of the molecule is NC(=NO)c1cccc(CNCc2cc(Br)ccc2F)c1. The Bertz CT molecular complexity index is 661. The molecule has 0 bridgehead atoms. The van der Waals surface area contributed by atoms with Gasteiger partial charge in [0, 0.05) is 28.7 Å². The van der Waals surface area contributed by atoms with Crippen LogP contribution in [0.5, 0.6) is 0 Å².